The van der Waals surface area contributed by atoms with Crippen LogP contribution in [-0.2, 0) is 0 Å². The summed E-state index contributed by atoms with van der Waals surface area (Å²) in [5.74, 6) is 0.505. The Morgan fingerprint density at radius 2 is 2.31 bits per heavy atom. The van der Waals surface area contributed by atoms with Crippen LogP contribution in [0, 0.1) is 0 Å². The van der Waals surface area contributed by atoms with E-state index in [2.05, 4.69) is 20.6 Å². The first-order valence-electron chi connectivity index (χ1n) is 4.75. The standard InChI is InChI=1S/C10H8N4OS/c15-10-6-2-1-3-12-8(6)13-9(14-10)7-4-11-5-16-7/h1-5,9H,(H,12,13)(H,14,15)/t9-/m0/s1. The van der Waals surface area contributed by atoms with Gasteiger partial charge >= 0.3 is 0 Å². The van der Waals surface area contributed by atoms with Gasteiger partial charge in [-0.3, -0.25) is 9.78 Å². The van der Waals surface area contributed by atoms with Gasteiger partial charge in [-0.1, -0.05) is 0 Å². The van der Waals surface area contributed by atoms with Crippen molar-refractivity contribution >= 4 is 23.1 Å². The summed E-state index contributed by atoms with van der Waals surface area (Å²) in [6, 6.07) is 3.49. The van der Waals surface area contributed by atoms with Gasteiger partial charge in [-0.25, -0.2) is 4.98 Å². The number of nitrogens with zero attached hydrogens (tertiary/aromatic N) is 2. The molecule has 3 heterocycles. The average molecular weight is 232 g/mol. The zero-order valence-electron chi connectivity index (χ0n) is 8.18. The molecule has 1 aliphatic heterocycles. The molecule has 0 fully saturated rings. The Kier molecular flexibility index (Phi) is 2.07. The van der Waals surface area contributed by atoms with Crippen LogP contribution in [0.2, 0.25) is 0 Å². The monoisotopic (exact) mass is 232 g/mol. The minimum atomic E-state index is -0.234. The number of rotatable bonds is 1. The third kappa shape index (κ3) is 1.43. The van der Waals surface area contributed by atoms with E-state index in [1.807, 2.05) is 0 Å². The Bertz CT molecular complexity index is 525. The normalized spacial score (nSPS) is 18.5. The van der Waals surface area contributed by atoms with Gasteiger partial charge in [0.15, 0.2) is 0 Å². The van der Waals surface area contributed by atoms with Crippen molar-refractivity contribution < 1.29 is 4.79 Å². The molecule has 2 N–H and O–H groups in total. The molecule has 0 aromatic carbocycles. The Hall–Kier alpha value is -1.95. The highest BCUT2D eigenvalue weighted by molar-refractivity contribution is 7.09. The van der Waals surface area contributed by atoms with Gasteiger partial charge in [-0.2, -0.15) is 0 Å². The van der Waals surface area contributed by atoms with Crippen molar-refractivity contribution in [3.63, 3.8) is 0 Å². The molecule has 0 aliphatic carbocycles. The Morgan fingerprint density at radius 3 is 3.12 bits per heavy atom. The minimum Gasteiger partial charge on any atom is -0.345 e. The lowest BCUT2D eigenvalue weighted by Crippen LogP contribution is -2.38. The van der Waals surface area contributed by atoms with Gasteiger partial charge in [-0.15, -0.1) is 11.3 Å². The molecular weight excluding hydrogens is 224 g/mol. The first-order chi connectivity index (χ1) is 7.84. The highest BCUT2D eigenvalue weighted by Gasteiger charge is 2.25. The Labute approximate surface area is 95.6 Å². The molecule has 16 heavy (non-hydrogen) atoms. The van der Waals surface area contributed by atoms with Crippen LogP contribution in [0.4, 0.5) is 5.82 Å². The molecule has 0 radical (unpaired) electrons. The van der Waals surface area contributed by atoms with E-state index in [0.29, 0.717) is 11.4 Å². The lowest BCUT2D eigenvalue weighted by atomic mass is 10.2. The van der Waals surface area contributed by atoms with Gasteiger partial charge in [0.1, 0.15) is 12.0 Å². The van der Waals surface area contributed by atoms with Crippen molar-refractivity contribution in [2.24, 2.45) is 0 Å². The summed E-state index contributed by atoms with van der Waals surface area (Å²) in [6.45, 7) is 0. The van der Waals surface area contributed by atoms with E-state index in [9.17, 15) is 4.79 Å². The number of nitrogens with one attached hydrogen (secondary N) is 2. The van der Waals surface area contributed by atoms with Gasteiger partial charge in [0.2, 0.25) is 0 Å². The molecule has 0 saturated carbocycles. The third-order valence-electron chi connectivity index (χ3n) is 2.34. The van der Waals surface area contributed by atoms with Gasteiger partial charge in [0.25, 0.3) is 5.91 Å². The van der Waals surface area contributed by atoms with E-state index in [1.165, 1.54) is 11.3 Å². The highest BCUT2D eigenvalue weighted by Crippen LogP contribution is 2.25. The highest BCUT2D eigenvalue weighted by atomic mass is 32.1. The van der Waals surface area contributed by atoms with E-state index < -0.39 is 0 Å². The SMILES string of the molecule is O=C1N[C@@H](c2cncs2)Nc2ncccc21. The number of thiazole rings is 1. The fraction of sp³-hybridized carbons (Fsp3) is 0.100. The fourth-order valence-corrected chi connectivity index (χ4v) is 2.21. The molecule has 6 heteroatoms. The van der Waals surface area contributed by atoms with E-state index in [1.54, 1.807) is 30.0 Å². The van der Waals surface area contributed by atoms with Crippen molar-refractivity contribution in [2.45, 2.75) is 6.17 Å². The number of hydrogen-bond acceptors (Lipinski definition) is 5. The Balaban J connectivity index is 1.98. The fourth-order valence-electron chi connectivity index (χ4n) is 1.60. The van der Waals surface area contributed by atoms with Gasteiger partial charge in [0.05, 0.1) is 16.0 Å². The summed E-state index contributed by atoms with van der Waals surface area (Å²) in [4.78, 5) is 20.9. The van der Waals surface area contributed by atoms with Crippen LogP contribution in [0.1, 0.15) is 21.4 Å². The van der Waals surface area contributed by atoms with Crippen molar-refractivity contribution in [2.75, 3.05) is 5.32 Å². The number of pyridine rings is 1. The number of carbonyl (C=O) groups is 1. The van der Waals surface area contributed by atoms with Crippen LogP contribution in [0.3, 0.4) is 0 Å². The molecule has 0 bridgehead atoms. The molecule has 3 rings (SSSR count). The number of anilines is 1. The molecule has 5 nitrogen and oxygen atoms in total. The average Bonchev–Trinajstić information content (AvgIpc) is 2.82. The second-order valence-electron chi connectivity index (χ2n) is 3.35. The van der Waals surface area contributed by atoms with Crippen molar-refractivity contribution in [3.05, 3.63) is 40.5 Å². The summed E-state index contributed by atoms with van der Waals surface area (Å²) in [7, 11) is 0. The maximum atomic E-state index is 11.8. The molecule has 2 aromatic heterocycles. The minimum absolute atomic E-state index is 0.111. The molecule has 1 atom stereocenters. The van der Waals surface area contributed by atoms with Crippen molar-refractivity contribution in [3.8, 4) is 0 Å². The van der Waals surface area contributed by atoms with E-state index in [0.717, 1.165) is 4.88 Å². The van der Waals surface area contributed by atoms with E-state index in [4.69, 9.17) is 0 Å². The Morgan fingerprint density at radius 1 is 1.38 bits per heavy atom. The van der Waals surface area contributed by atoms with Gasteiger partial charge in [-0.05, 0) is 12.1 Å². The lowest BCUT2D eigenvalue weighted by molar-refractivity contribution is 0.0935. The molecule has 0 saturated heterocycles. The number of amides is 1. The maximum Gasteiger partial charge on any atom is 0.256 e. The maximum absolute atomic E-state index is 11.8. The molecule has 1 aliphatic rings. The number of hydrogen-bond donors (Lipinski definition) is 2. The van der Waals surface area contributed by atoms with Crippen molar-refractivity contribution in [1.29, 1.82) is 0 Å². The lowest BCUT2D eigenvalue weighted by Gasteiger charge is -2.25. The second kappa shape index (κ2) is 3.57. The predicted molar refractivity (Wildman–Crippen MR) is 60.2 cm³/mol. The number of aromatic nitrogens is 2. The summed E-state index contributed by atoms with van der Waals surface area (Å²) < 4.78 is 0. The van der Waals surface area contributed by atoms with Crippen LogP contribution >= 0.6 is 11.3 Å². The molecule has 1 amide bonds. The van der Waals surface area contributed by atoms with Gasteiger partial charge in [0, 0.05) is 12.4 Å². The summed E-state index contributed by atoms with van der Waals surface area (Å²) in [6.07, 6.45) is 3.16. The van der Waals surface area contributed by atoms with Crippen LogP contribution in [0.5, 0.6) is 0 Å². The molecule has 80 valence electrons. The number of fused-ring (bicyclic) bond motifs is 1. The van der Waals surface area contributed by atoms with E-state index >= 15 is 0 Å². The smallest absolute Gasteiger partial charge is 0.256 e. The van der Waals surface area contributed by atoms with Crippen molar-refractivity contribution in [1.82, 2.24) is 15.3 Å². The van der Waals surface area contributed by atoms with Crippen LogP contribution in [0.15, 0.2) is 30.0 Å². The summed E-state index contributed by atoms with van der Waals surface area (Å²) in [5.41, 5.74) is 2.31. The van der Waals surface area contributed by atoms with Crippen LogP contribution < -0.4 is 10.6 Å². The zero-order valence-corrected chi connectivity index (χ0v) is 8.99. The predicted octanol–water partition coefficient (Wildman–Crippen LogP) is 1.39. The first kappa shape index (κ1) is 9.29. The zero-order chi connectivity index (χ0) is 11.0. The van der Waals surface area contributed by atoms with E-state index in [-0.39, 0.29) is 12.1 Å². The largest absolute Gasteiger partial charge is 0.345 e. The molecule has 0 spiro atoms. The topological polar surface area (TPSA) is 66.9 Å². The third-order valence-corrected chi connectivity index (χ3v) is 3.19. The van der Waals surface area contributed by atoms with Gasteiger partial charge < -0.3 is 10.6 Å². The van der Waals surface area contributed by atoms with Crippen LogP contribution in [-0.4, -0.2) is 15.9 Å². The molecule has 2 aromatic rings. The van der Waals surface area contributed by atoms with Crippen LogP contribution in [0.25, 0.3) is 0 Å². The summed E-state index contributed by atoms with van der Waals surface area (Å²) in [5, 5.41) is 6.01. The quantitative estimate of drug-likeness (QED) is 0.779. The number of carbonyl (C=O) groups excluding carboxylic acids is 1. The second-order valence-corrected chi connectivity index (χ2v) is 4.27. The first-order valence-corrected chi connectivity index (χ1v) is 5.63. The molecule has 0 unspecified atom stereocenters. The molecular formula is C10H8N4OS. The summed E-state index contributed by atoms with van der Waals surface area (Å²) >= 11 is 1.49.